The lowest BCUT2D eigenvalue weighted by Crippen LogP contribution is -2.38. The van der Waals surface area contributed by atoms with Crippen molar-refractivity contribution in [2.45, 2.75) is 44.8 Å². The maximum atomic E-state index is 12.1. The van der Waals surface area contributed by atoms with Crippen LogP contribution in [0.3, 0.4) is 0 Å². The van der Waals surface area contributed by atoms with Crippen LogP contribution in [-0.4, -0.2) is 23.2 Å². The Hall–Kier alpha value is -1.06. The molecule has 0 unspecified atom stereocenters. The molecular formula is C14H18ClNO2. The molecule has 1 aromatic rings. The van der Waals surface area contributed by atoms with Gasteiger partial charge in [0.15, 0.2) is 0 Å². The normalized spacial score (nSPS) is 23.7. The number of amides is 1. The van der Waals surface area contributed by atoms with Crippen LogP contribution in [0.15, 0.2) is 18.2 Å². The maximum Gasteiger partial charge on any atom is 0.253 e. The van der Waals surface area contributed by atoms with Gasteiger partial charge >= 0.3 is 0 Å². The highest BCUT2D eigenvalue weighted by Crippen LogP contribution is 2.21. The number of carbonyl (C=O) groups is 1. The molecule has 0 heterocycles. The molecular weight excluding hydrogens is 250 g/mol. The molecule has 0 spiro atoms. The number of aliphatic hydroxyl groups excluding tert-OH is 1. The Balaban J connectivity index is 1.99. The van der Waals surface area contributed by atoms with E-state index in [1.807, 2.05) is 13.0 Å². The van der Waals surface area contributed by atoms with Crippen LogP contribution in [0, 0.1) is 6.92 Å². The van der Waals surface area contributed by atoms with Gasteiger partial charge in [-0.1, -0.05) is 17.7 Å². The smallest absolute Gasteiger partial charge is 0.253 e. The highest BCUT2D eigenvalue weighted by atomic mass is 35.5. The predicted octanol–water partition coefficient (Wildman–Crippen LogP) is 2.68. The summed E-state index contributed by atoms with van der Waals surface area (Å²) in [5.41, 5.74) is 1.56. The molecule has 1 amide bonds. The van der Waals surface area contributed by atoms with E-state index >= 15 is 0 Å². The van der Waals surface area contributed by atoms with Gasteiger partial charge in [-0.3, -0.25) is 4.79 Å². The minimum Gasteiger partial charge on any atom is -0.393 e. The van der Waals surface area contributed by atoms with E-state index in [0.717, 1.165) is 31.2 Å². The predicted molar refractivity (Wildman–Crippen MR) is 71.9 cm³/mol. The highest BCUT2D eigenvalue weighted by Gasteiger charge is 2.21. The maximum absolute atomic E-state index is 12.1. The number of halogens is 1. The van der Waals surface area contributed by atoms with E-state index in [1.54, 1.807) is 12.1 Å². The Bertz CT molecular complexity index is 439. The van der Waals surface area contributed by atoms with Crippen molar-refractivity contribution in [3.8, 4) is 0 Å². The summed E-state index contributed by atoms with van der Waals surface area (Å²) in [6, 6.07) is 5.58. The van der Waals surface area contributed by atoms with Crippen LogP contribution in [-0.2, 0) is 0 Å². The fourth-order valence-corrected chi connectivity index (χ4v) is 2.61. The number of hydrogen-bond acceptors (Lipinski definition) is 2. The van der Waals surface area contributed by atoms with Crippen LogP contribution in [0.25, 0.3) is 0 Å². The van der Waals surface area contributed by atoms with Gasteiger partial charge in [0, 0.05) is 6.04 Å². The number of aliphatic hydroxyl groups is 1. The average molecular weight is 268 g/mol. The Morgan fingerprint density at radius 2 is 2.00 bits per heavy atom. The quantitative estimate of drug-likeness (QED) is 0.866. The molecule has 18 heavy (non-hydrogen) atoms. The van der Waals surface area contributed by atoms with Crippen molar-refractivity contribution in [3.05, 3.63) is 34.3 Å². The van der Waals surface area contributed by atoms with Crippen molar-refractivity contribution in [2.75, 3.05) is 0 Å². The Kier molecular flexibility index (Phi) is 4.25. The number of benzene rings is 1. The van der Waals surface area contributed by atoms with E-state index in [9.17, 15) is 9.90 Å². The topological polar surface area (TPSA) is 49.3 Å². The van der Waals surface area contributed by atoms with Gasteiger partial charge in [-0.15, -0.1) is 0 Å². The summed E-state index contributed by atoms with van der Waals surface area (Å²) in [4.78, 5) is 12.1. The second-order valence-electron chi connectivity index (χ2n) is 4.96. The monoisotopic (exact) mass is 267 g/mol. The summed E-state index contributed by atoms with van der Waals surface area (Å²) >= 11 is 6.06. The first-order chi connectivity index (χ1) is 8.56. The number of aryl methyl sites for hydroxylation is 1. The fraction of sp³-hybridized carbons (Fsp3) is 0.500. The van der Waals surface area contributed by atoms with Crippen molar-refractivity contribution < 1.29 is 9.90 Å². The SMILES string of the molecule is Cc1ccc(C(=O)NC2CCC(O)CC2)c(Cl)c1. The lowest BCUT2D eigenvalue weighted by atomic mass is 9.93. The van der Waals surface area contributed by atoms with Gasteiger partial charge in [0.25, 0.3) is 5.91 Å². The van der Waals surface area contributed by atoms with E-state index < -0.39 is 0 Å². The van der Waals surface area contributed by atoms with Gasteiger partial charge in [-0.05, 0) is 50.3 Å². The van der Waals surface area contributed by atoms with Crippen LogP contribution in [0.2, 0.25) is 5.02 Å². The molecule has 1 fully saturated rings. The van der Waals surface area contributed by atoms with Crippen molar-refractivity contribution >= 4 is 17.5 Å². The highest BCUT2D eigenvalue weighted by molar-refractivity contribution is 6.33. The summed E-state index contributed by atoms with van der Waals surface area (Å²) in [5.74, 6) is -0.124. The van der Waals surface area contributed by atoms with E-state index in [4.69, 9.17) is 11.6 Å². The van der Waals surface area contributed by atoms with E-state index in [0.29, 0.717) is 10.6 Å². The van der Waals surface area contributed by atoms with Crippen LogP contribution in [0.1, 0.15) is 41.6 Å². The Morgan fingerprint density at radius 3 is 2.61 bits per heavy atom. The largest absolute Gasteiger partial charge is 0.393 e. The molecule has 1 saturated carbocycles. The molecule has 98 valence electrons. The molecule has 0 aliphatic heterocycles. The fourth-order valence-electron chi connectivity index (χ4n) is 2.29. The summed E-state index contributed by atoms with van der Waals surface area (Å²) in [6.45, 7) is 1.94. The molecule has 2 rings (SSSR count). The van der Waals surface area contributed by atoms with E-state index in [2.05, 4.69) is 5.32 Å². The van der Waals surface area contributed by atoms with Crippen LogP contribution in [0.5, 0.6) is 0 Å². The molecule has 1 aromatic carbocycles. The summed E-state index contributed by atoms with van der Waals surface area (Å²) in [6.07, 6.45) is 2.97. The van der Waals surface area contributed by atoms with Gasteiger partial charge in [0.2, 0.25) is 0 Å². The molecule has 0 saturated heterocycles. The molecule has 1 aliphatic rings. The zero-order valence-electron chi connectivity index (χ0n) is 10.4. The zero-order chi connectivity index (χ0) is 13.1. The van der Waals surface area contributed by atoms with Crippen LogP contribution >= 0.6 is 11.6 Å². The van der Waals surface area contributed by atoms with Gasteiger partial charge in [-0.25, -0.2) is 0 Å². The number of rotatable bonds is 2. The Morgan fingerprint density at radius 1 is 1.33 bits per heavy atom. The first-order valence-corrected chi connectivity index (χ1v) is 6.69. The van der Waals surface area contributed by atoms with Gasteiger partial charge in [0.1, 0.15) is 0 Å². The molecule has 0 bridgehead atoms. The molecule has 0 atom stereocenters. The molecule has 2 N–H and O–H groups in total. The van der Waals surface area contributed by atoms with Gasteiger partial charge < -0.3 is 10.4 Å². The lowest BCUT2D eigenvalue weighted by molar-refractivity contribution is 0.0868. The molecule has 4 heteroatoms. The zero-order valence-corrected chi connectivity index (χ0v) is 11.2. The van der Waals surface area contributed by atoms with Crippen molar-refractivity contribution in [1.29, 1.82) is 0 Å². The number of hydrogen-bond donors (Lipinski definition) is 2. The van der Waals surface area contributed by atoms with Crippen LogP contribution < -0.4 is 5.32 Å². The van der Waals surface area contributed by atoms with Crippen LogP contribution in [0.4, 0.5) is 0 Å². The number of nitrogens with one attached hydrogen (secondary N) is 1. The summed E-state index contributed by atoms with van der Waals surface area (Å²) in [5, 5.41) is 12.9. The van der Waals surface area contributed by atoms with E-state index in [-0.39, 0.29) is 18.1 Å². The third-order valence-electron chi connectivity index (χ3n) is 3.40. The summed E-state index contributed by atoms with van der Waals surface area (Å²) < 4.78 is 0. The summed E-state index contributed by atoms with van der Waals surface area (Å²) in [7, 11) is 0. The second kappa shape index (κ2) is 5.72. The minimum atomic E-state index is -0.207. The second-order valence-corrected chi connectivity index (χ2v) is 5.37. The number of carbonyl (C=O) groups excluding carboxylic acids is 1. The third kappa shape index (κ3) is 3.24. The molecule has 0 aromatic heterocycles. The first-order valence-electron chi connectivity index (χ1n) is 6.31. The van der Waals surface area contributed by atoms with Gasteiger partial charge in [0.05, 0.1) is 16.7 Å². The van der Waals surface area contributed by atoms with Gasteiger partial charge in [-0.2, -0.15) is 0 Å². The standard InChI is InChI=1S/C14H18ClNO2/c1-9-2-7-12(13(15)8-9)14(18)16-10-3-5-11(17)6-4-10/h2,7-8,10-11,17H,3-6H2,1H3,(H,16,18). The van der Waals surface area contributed by atoms with Crippen molar-refractivity contribution in [1.82, 2.24) is 5.32 Å². The average Bonchev–Trinajstić information content (AvgIpc) is 2.32. The van der Waals surface area contributed by atoms with E-state index in [1.165, 1.54) is 0 Å². The minimum absolute atomic E-state index is 0.124. The van der Waals surface area contributed by atoms with Crippen molar-refractivity contribution in [3.63, 3.8) is 0 Å². The lowest BCUT2D eigenvalue weighted by Gasteiger charge is -2.26. The molecule has 3 nitrogen and oxygen atoms in total. The first kappa shape index (κ1) is 13.4. The Labute approximate surface area is 112 Å². The van der Waals surface area contributed by atoms with Crippen molar-refractivity contribution in [2.24, 2.45) is 0 Å². The third-order valence-corrected chi connectivity index (χ3v) is 3.71. The molecule has 0 radical (unpaired) electrons. The molecule has 1 aliphatic carbocycles.